The number of hydrogen-bond donors (Lipinski definition) is 4. The molecule has 0 saturated carbocycles. The van der Waals surface area contributed by atoms with Crippen LogP contribution in [0.3, 0.4) is 0 Å². The Morgan fingerprint density at radius 3 is 2.57 bits per heavy atom. The number of phenols is 1. The fourth-order valence-corrected chi connectivity index (χ4v) is 4.54. The molecule has 0 radical (unpaired) electrons. The van der Waals surface area contributed by atoms with Gasteiger partial charge in [-0.05, 0) is 48.6 Å². The van der Waals surface area contributed by atoms with Crippen molar-refractivity contribution in [1.29, 1.82) is 0 Å². The Bertz CT molecular complexity index is 1280. The van der Waals surface area contributed by atoms with Crippen LogP contribution in [0.2, 0.25) is 0 Å². The molecule has 12 heteroatoms. The number of aliphatic hydroxyl groups is 1. The third-order valence-corrected chi connectivity index (χ3v) is 6.38. The smallest absolute Gasteiger partial charge is 0.419 e. The number of pyridine rings is 1. The molecule has 3 aromatic rings. The number of rotatable bonds is 4. The Morgan fingerprint density at radius 1 is 1.26 bits per heavy atom. The van der Waals surface area contributed by atoms with Gasteiger partial charge in [-0.25, -0.2) is 9.37 Å². The van der Waals surface area contributed by atoms with Crippen LogP contribution in [0.4, 0.5) is 27.8 Å². The molecule has 35 heavy (non-hydrogen) atoms. The van der Waals surface area contributed by atoms with Gasteiger partial charge in [0.15, 0.2) is 17.2 Å². The lowest BCUT2D eigenvalue weighted by molar-refractivity contribution is -0.277. The van der Waals surface area contributed by atoms with Gasteiger partial charge in [0.1, 0.15) is 5.82 Å². The first-order valence-corrected chi connectivity index (χ1v) is 10.6. The van der Waals surface area contributed by atoms with Gasteiger partial charge < -0.3 is 25.8 Å². The van der Waals surface area contributed by atoms with Crippen molar-refractivity contribution in [1.82, 2.24) is 14.9 Å². The first-order chi connectivity index (χ1) is 16.4. The zero-order valence-electron chi connectivity index (χ0n) is 18.3. The zero-order chi connectivity index (χ0) is 25.7. The van der Waals surface area contributed by atoms with Crippen molar-refractivity contribution in [2.75, 3.05) is 5.73 Å². The lowest BCUT2D eigenvalue weighted by Crippen LogP contribution is -2.58. The number of hydrogen-bond acceptors (Lipinski definition) is 5. The van der Waals surface area contributed by atoms with Crippen LogP contribution in [0.15, 0.2) is 42.7 Å². The highest BCUT2D eigenvalue weighted by atomic mass is 19.4. The molecule has 3 unspecified atom stereocenters. The Kier molecular flexibility index (Phi) is 5.95. The van der Waals surface area contributed by atoms with Gasteiger partial charge in [-0.2, -0.15) is 17.6 Å². The van der Waals surface area contributed by atoms with E-state index >= 15 is 0 Å². The summed E-state index contributed by atoms with van der Waals surface area (Å²) in [5.74, 6) is -4.83. The number of nitrogens with two attached hydrogens (primary N) is 1. The summed E-state index contributed by atoms with van der Waals surface area (Å²) in [4.78, 5) is 16.6. The minimum atomic E-state index is -5.17. The van der Waals surface area contributed by atoms with Gasteiger partial charge in [-0.3, -0.25) is 4.79 Å². The largest absolute Gasteiger partial charge is 0.505 e. The monoisotopic (exact) mass is 496 g/mol. The van der Waals surface area contributed by atoms with Crippen molar-refractivity contribution in [3.8, 4) is 11.4 Å². The predicted molar refractivity (Wildman–Crippen MR) is 115 cm³/mol. The molecular formula is C23H21F5N4O3. The summed E-state index contributed by atoms with van der Waals surface area (Å²) in [6.07, 6.45) is -3.50. The van der Waals surface area contributed by atoms with E-state index in [4.69, 9.17) is 5.73 Å². The first-order valence-electron chi connectivity index (χ1n) is 10.6. The van der Waals surface area contributed by atoms with Crippen LogP contribution < -0.4 is 11.1 Å². The van der Waals surface area contributed by atoms with Gasteiger partial charge in [0.2, 0.25) is 5.95 Å². The van der Waals surface area contributed by atoms with Crippen LogP contribution in [-0.2, 0) is 0 Å². The Morgan fingerprint density at radius 2 is 1.97 bits per heavy atom. The Balaban J connectivity index is 1.77. The van der Waals surface area contributed by atoms with Gasteiger partial charge in [0, 0.05) is 11.8 Å². The number of amides is 1. The van der Waals surface area contributed by atoms with Crippen molar-refractivity contribution in [2.45, 2.75) is 43.5 Å². The SMILES string of the molecule is CCC1CC(O)(C(F)(F)F)C(NC(=O)c2ccn(-c3ccc(F)nc3)c2N)c2ccc(F)c(O)c21. The number of nitrogens with zero attached hydrogens (tertiary/aromatic N) is 2. The van der Waals surface area contributed by atoms with Crippen LogP contribution in [0.5, 0.6) is 5.75 Å². The molecule has 0 spiro atoms. The Hall–Kier alpha value is -3.67. The highest BCUT2D eigenvalue weighted by molar-refractivity contribution is 5.99. The van der Waals surface area contributed by atoms with Crippen molar-refractivity contribution >= 4 is 11.7 Å². The van der Waals surface area contributed by atoms with E-state index in [1.165, 1.54) is 22.9 Å². The normalized spacial score (nSPS) is 22.0. The maximum Gasteiger partial charge on any atom is 0.419 e. The number of carbonyl (C=O) groups excluding carboxylic acids is 1. The molecule has 1 amide bonds. The number of fused-ring (bicyclic) bond motifs is 1. The van der Waals surface area contributed by atoms with Gasteiger partial charge in [-0.15, -0.1) is 0 Å². The molecule has 7 nitrogen and oxygen atoms in total. The molecule has 4 rings (SSSR count). The number of alkyl halides is 3. The van der Waals surface area contributed by atoms with Crippen molar-refractivity contribution in [3.63, 3.8) is 0 Å². The summed E-state index contributed by atoms with van der Waals surface area (Å²) < 4.78 is 70.9. The predicted octanol–water partition coefficient (Wildman–Crippen LogP) is 4.10. The second-order valence-electron chi connectivity index (χ2n) is 8.36. The minimum Gasteiger partial charge on any atom is -0.505 e. The topological polar surface area (TPSA) is 113 Å². The number of nitrogens with one attached hydrogen (secondary N) is 1. The lowest BCUT2D eigenvalue weighted by atomic mass is 9.69. The van der Waals surface area contributed by atoms with Gasteiger partial charge in [-0.1, -0.05) is 13.0 Å². The van der Waals surface area contributed by atoms with Crippen LogP contribution in [0.1, 0.15) is 53.2 Å². The van der Waals surface area contributed by atoms with Crippen LogP contribution in [0.25, 0.3) is 5.69 Å². The second kappa shape index (κ2) is 8.52. The number of halogens is 5. The summed E-state index contributed by atoms with van der Waals surface area (Å²) in [5.41, 5.74) is 2.34. The maximum atomic E-state index is 14.1. The second-order valence-corrected chi connectivity index (χ2v) is 8.36. The summed E-state index contributed by atoms with van der Waals surface area (Å²) in [5, 5.41) is 23.3. The standard InChI is InChI=1S/C23H21F5N4O3/c1-2-11-9-22(35,23(26,27)28)19(13-4-5-15(24)18(33)17(11)13)31-21(34)14-7-8-32(20(14)29)12-3-6-16(25)30-10-12/h3-8,10-11,19,33,35H,2,9,29H2,1H3,(H,31,34). The van der Waals surface area contributed by atoms with E-state index in [0.29, 0.717) is 5.69 Å². The maximum absolute atomic E-state index is 14.1. The first kappa shape index (κ1) is 24.5. The minimum absolute atomic E-state index is 0.0740. The summed E-state index contributed by atoms with van der Waals surface area (Å²) >= 11 is 0. The number of benzene rings is 1. The van der Waals surface area contributed by atoms with Crippen LogP contribution >= 0.6 is 0 Å². The molecule has 186 valence electrons. The molecule has 2 heterocycles. The molecular weight excluding hydrogens is 475 g/mol. The average molecular weight is 496 g/mol. The third kappa shape index (κ3) is 3.97. The van der Waals surface area contributed by atoms with Crippen LogP contribution in [0, 0.1) is 11.8 Å². The number of phenolic OH excluding ortho intramolecular Hbond substituents is 1. The van der Waals surface area contributed by atoms with Crippen molar-refractivity contribution < 1.29 is 37.0 Å². The van der Waals surface area contributed by atoms with E-state index in [9.17, 15) is 37.0 Å². The fraction of sp³-hybridized carbons (Fsp3) is 0.304. The van der Waals surface area contributed by atoms with Crippen molar-refractivity contribution in [3.05, 3.63) is 71.2 Å². The molecule has 0 fully saturated rings. The average Bonchev–Trinajstić information content (AvgIpc) is 3.18. The van der Waals surface area contributed by atoms with E-state index in [-0.39, 0.29) is 28.9 Å². The Labute approximate surface area is 196 Å². The molecule has 1 aliphatic rings. The number of aromatic nitrogens is 2. The number of nitrogen functional groups attached to an aromatic ring is 1. The summed E-state index contributed by atoms with van der Waals surface area (Å²) in [6, 6.07) is 3.35. The van der Waals surface area contributed by atoms with E-state index in [0.717, 1.165) is 24.4 Å². The third-order valence-electron chi connectivity index (χ3n) is 6.38. The van der Waals surface area contributed by atoms with E-state index in [1.807, 2.05) is 0 Å². The molecule has 2 aromatic heterocycles. The number of aromatic hydroxyl groups is 1. The van der Waals surface area contributed by atoms with Crippen molar-refractivity contribution in [2.24, 2.45) is 0 Å². The van der Waals surface area contributed by atoms with E-state index < -0.39 is 53.6 Å². The molecule has 5 N–H and O–H groups in total. The number of anilines is 1. The molecule has 3 atom stereocenters. The van der Waals surface area contributed by atoms with Gasteiger partial charge >= 0.3 is 6.18 Å². The fourth-order valence-electron chi connectivity index (χ4n) is 4.54. The summed E-state index contributed by atoms with van der Waals surface area (Å²) in [7, 11) is 0. The molecule has 0 saturated heterocycles. The quantitative estimate of drug-likeness (QED) is 0.321. The lowest BCUT2D eigenvalue weighted by Gasteiger charge is -2.45. The highest BCUT2D eigenvalue weighted by Crippen LogP contribution is 2.54. The number of carbonyl (C=O) groups is 1. The molecule has 0 bridgehead atoms. The van der Waals surface area contributed by atoms with E-state index in [2.05, 4.69) is 10.3 Å². The van der Waals surface area contributed by atoms with Gasteiger partial charge in [0.05, 0.1) is 23.5 Å². The zero-order valence-corrected chi connectivity index (χ0v) is 18.3. The molecule has 1 aromatic carbocycles. The van der Waals surface area contributed by atoms with E-state index in [1.54, 1.807) is 6.92 Å². The van der Waals surface area contributed by atoms with Crippen LogP contribution in [-0.4, -0.2) is 37.4 Å². The summed E-state index contributed by atoms with van der Waals surface area (Å²) in [6.45, 7) is 1.54. The molecule has 0 aliphatic heterocycles. The highest BCUT2D eigenvalue weighted by Gasteiger charge is 2.62. The van der Waals surface area contributed by atoms with Gasteiger partial charge in [0.25, 0.3) is 5.91 Å². The molecule has 1 aliphatic carbocycles.